The van der Waals surface area contributed by atoms with E-state index in [2.05, 4.69) is 27.1 Å². The standard InChI is InChI=1S/C16H24N4O2S/c1-20(2)15(21)10-18-16(17-9-12-4-3-7-23-12)19-13-8-11-5-6-14(13)22-11/h3-4,7,11,13-14H,5-6,8-10H2,1-2H3,(H2,17,18,19). The number of guanidine groups is 1. The van der Waals surface area contributed by atoms with Crippen LogP contribution in [0.5, 0.6) is 0 Å². The van der Waals surface area contributed by atoms with Crippen molar-refractivity contribution in [3.05, 3.63) is 22.4 Å². The lowest BCUT2D eigenvalue weighted by Gasteiger charge is -2.23. The summed E-state index contributed by atoms with van der Waals surface area (Å²) in [5, 5.41) is 8.83. The van der Waals surface area contributed by atoms with E-state index < -0.39 is 0 Å². The number of rotatable bonds is 5. The van der Waals surface area contributed by atoms with Gasteiger partial charge in [-0.3, -0.25) is 4.79 Å². The van der Waals surface area contributed by atoms with Gasteiger partial charge in [0.25, 0.3) is 0 Å². The highest BCUT2D eigenvalue weighted by Gasteiger charge is 2.41. The molecular weight excluding hydrogens is 312 g/mol. The Labute approximate surface area is 140 Å². The van der Waals surface area contributed by atoms with Gasteiger partial charge in [-0.15, -0.1) is 11.3 Å². The smallest absolute Gasteiger partial charge is 0.243 e. The van der Waals surface area contributed by atoms with Gasteiger partial charge in [0.2, 0.25) is 5.91 Å². The Bertz CT molecular complexity index is 558. The summed E-state index contributed by atoms with van der Waals surface area (Å²) in [6, 6.07) is 4.41. The molecule has 126 valence electrons. The maximum Gasteiger partial charge on any atom is 0.243 e. The fourth-order valence-corrected chi connectivity index (χ4v) is 3.63. The first-order valence-electron chi connectivity index (χ1n) is 8.04. The number of hydrogen-bond donors (Lipinski definition) is 2. The van der Waals surface area contributed by atoms with E-state index in [1.807, 2.05) is 6.07 Å². The largest absolute Gasteiger partial charge is 0.373 e. The number of likely N-dealkylation sites (N-methyl/N-ethyl adjacent to an activating group) is 1. The molecule has 6 nitrogen and oxygen atoms in total. The molecule has 3 unspecified atom stereocenters. The van der Waals surface area contributed by atoms with Gasteiger partial charge in [0.05, 0.1) is 24.8 Å². The Hall–Kier alpha value is -1.60. The van der Waals surface area contributed by atoms with Crippen LogP contribution in [0.4, 0.5) is 0 Å². The molecule has 0 saturated carbocycles. The summed E-state index contributed by atoms with van der Waals surface area (Å²) < 4.78 is 5.88. The van der Waals surface area contributed by atoms with E-state index in [0.717, 1.165) is 19.3 Å². The Balaban J connectivity index is 1.60. The first kappa shape index (κ1) is 16.3. The molecule has 2 saturated heterocycles. The van der Waals surface area contributed by atoms with Crippen molar-refractivity contribution in [1.29, 1.82) is 0 Å². The number of ether oxygens (including phenoxy) is 1. The van der Waals surface area contributed by atoms with E-state index in [9.17, 15) is 4.79 Å². The highest BCUT2D eigenvalue weighted by atomic mass is 32.1. The molecule has 0 spiro atoms. The van der Waals surface area contributed by atoms with Crippen LogP contribution in [-0.4, -0.2) is 55.7 Å². The minimum Gasteiger partial charge on any atom is -0.373 e. The van der Waals surface area contributed by atoms with Crippen LogP contribution in [0.3, 0.4) is 0 Å². The topological polar surface area (TPSA) is 66.0 Å². The molecule has 23 heavy (non-hydrogen) atoms. The first-order chi connectivity index (χ1) is 11.1. The molecule has 0 aromatic carbocycles. The highest BCUT2D eigenvalue weighted by Crippen LogP contribution is 2.34. The fourth-order valence-electron chi connectivity index (χ4n) is 2.99. The van der Waals surface area contributed by atoms with E-state index >= 15 is 0 Å². The highest BCUT2D eigenvalue weighted by molar-refractivity contribution is 7.09. The number of fused-ring (bicyclic) bond motifs is 2. The first-order valence-corrected chi connectivity index (χ1v) is 8.92. The normalized spacial score (nSPS) is 26.3. The van der Waals surface area contributed by atoms with Gasteiger partial charge < -0.3 is 20.3 Å². The van der Waals surface area contributed by atoms with Crippen LogP contribution in [-0.2, 0) is 16.1 Å². The minimum absolute atomic E-state index is 0.00795. The zero-order valence-corrected chi connectivity index (χ0v) is 14.4. The van der Waals surface area contributed by atoms with E-state index in [0.29, 0.717) is 18.6 Å². The number of carbonyl (C=O) groups is 1. The van der Waals surface area contributed by atoms with Crippen LogP contribution >= 0.6 is 11.3 Å². The molecule has 3 heterocycles. The SMILES string of the molecule is CN(C)C(=O)CN=C(NCc1cccs1)NC1CC2CCC1O2. The number of amides is 1. The number of hydrogen-bond acceptors (Lipinski definition) is 4. The van der Waals surface area contributed by atoms with Crippen LogP contribution in [0, 0.1) is 0 Å². The van der Waals surface area contributed by atoms with Gasteiger partial charge in [0.1, 0.15) is 6.54 Å². The van der Waals surface area contributed by atoms with Crippen molar-refractivity contribution in [1.82, 2.24) is 15.5 Å². The quantitative estimate of drug-likeness (QED) is 0.626. The zero-order chi connectivity index (χ0) is 16.2. The van der Waals surface area contributed by atoms with Gasteiger partial charge in [-0.25, -0.2) is 4.99 Å². The van der Waals surface area contributed by atoms with Crippen molar-refractivity contribution >= 4 is 23.2 Å². The summed E-state index contributed by atoms with van der Waals surface area (Å²) >= 11 is 1.70. The van der Waals surface area contributed by atoms with E-state index in [1.165, 1.54) is 4.88 Å². The number of thiophene rings is 1. The second kappa shape index (κ2) is 7.31. The van der Waals surface area contributed by atoms with Gasteiger partial charge >= 0.3 is 0 Å². The summed E-state index contributed by atoms with van der Waals surface area (Å²) in [5.41, 5.74) is 0. The lowest BCUT2D eigenvalue weighted by molar-refractivity contribution is -0.127. The number of nitrogens with zero attached hydrogens (tertiary/aromatic N) is 2. The Morgan fingerprint density at radius 3 is 2.96 bits per heavy atom. The van der Waals surface area contributed by atoms with E-state index in [-0.39, 0.29) is 24.6 Å². The zero-order valence-electron chi connectivity index (χ0n) is 13.6. The summed E-state index contributed by atoms with van der Waals surface area (Å²) in [6.07, 6.45) is 3.96. The van der Waals surface area contributed by atoms with Crippen LogP contribution in [0.25, 0.3) is 0 Å². The monoisotopic (exact) mass is 336 g/mol. The van der Waals surface area contributed by atoms with Crippen molar-refractivity contribution in [2.75, 3.05) is 20.6 Å². The van der Waals surface area contributed by atoms with Crippen LogP contribution in [0.15, 0.2) is 22.5 Å². The lowest BCUT2D eigenvalue weighted by Crippen LogP contribution is -2.47. The van der Waals surface area contributed by atoms with Crippen molar-refractivity contribution < 1.29 is 9.53 Å². The molecule has 2 fully saturated rings. The molecule has 3 rings (SSSR count). The molecule has 2 N–H and O–H groups in total. The molecule has 2 aliphatic rings. The van der Waals surface area contributed by atoms with Gasteiger partial charge in [-0.1, -0.05) is 6.07 Å². The molecule has 0 aliphatic carbocycles. The fraction of sp³-hybridized carbons (Fsp3) is 0.625. The predicted octanol–water partition coefficient (Wildman–Crippen LogP) is 1.19. The van der Waals surface area contributed by atoms with Crippen molar-refractivity contribution in [2.45, 2.75) is 44.1 Å². The average Bonchev–Trinajstić information content (AvgIpc) is 3.26. The molecule has 1 amide bonds. The Morgan fingerprint density at radius 2 is 2.35 bits per heavy atom. The molecule has 1 aromatic heterocycles. The van der Waals surface area contributed by atoms with Gasteiger partial charge in [0.15, 0.2) is 5.96 Å². The average molecular weight is 336 g/mol. The summed E-state index contributed by atoms with van der Waals surface area (Å²) in [5.74, 6) is 0.682. The van der Waals surface area contributed by atoms with Crippen LogP contribution in [0.2, 0.25) is 0 Å². The molecular formula is C16H24N4O2S. The van der Waals surface area contributed by atoms with E-state index in [4.69, 9.17) is 4.74 Å². The third-order valence-corrected chi connectivity index (χ3v) is 5.19. The van der Waals surface area contributed by atoms with Crippen molar-refractivity contribution in [3.8, 4) is 0 Å². The van der Waals surface area contributed by atoms with Gasteiger partial charge in [0, 0.05) is 19.0 Å². The predicted molar refractivity (Wildman–Crippen MR) is 91.6 cm³/mol. The van der Waals surface area contributed by atoms with Crippen molar-refractivity contribution in [2.24, 2.45) is 4.99 Å². The van der Waals surface area contributed by atoms with Crippen molar-refractivity contribution in [3.63, 3.8) is 0 Å². The number of aliphatic imine (C=N–C) groups is 1. The van der Waals surface area contributed by atoms with Crippen LogP contribution < -0.4 is 10.6 Å². The second-order valence-electron chi connectivity index (χ2n) is 6.25. The maximum absolute atomic E-state index is 11.8. The second-order valence-corrected chi connectivity index (χ2v) is 7.28. The molecule has 3 atom stereocenters. The maximum atomic E-state index is 11.8. The van der Waals surface area contributed by atoms with Gasteiger partial charge in [-0.05, 0) is 30.7 Å². The van der Waals surface area contributed by atoms with Gasteiger partial charge in [-0.2, -0.15) is 0 Å². The molecule has 2 bridgehead atoms. The Morgan fingerprint density at radius 1 is 1.48 bits per heavy atom. The molecule has 7 heteroatoms. The summed E-state index contributed by atoms with van der Waals surface area (Å²) in [7, 11) is 3.49. The third kappa shape index (κ3) is 4.23. The van der Waals surface area contributed by atoms with E-state index in [1.54, 1.807) is 30.3 Å². The number of carbonyl (C=O) groups excluding carboxylic acids is 1. The summed E-state index contributed by atoms with van der Waals surface area (Å²) in [4.78, 5) is 19.0. The lowest BCUT2D eigenvalue weighted by atomic mass is 9.96. The third-order valence-electron chi connectivity index (χ3n) is 4.31. The minimum atomic E-state index is -0.00795. The number of nitrogens with one attached hydrogen (secondary N) is 2. The molecule has 2 aliphatic heterocycles. The van der Waals surface area contributed by atoms with Crippen LogP contribution in [0.1, 0.15) is 24.1 Å². The molecule has 1 aromatic rings. The molecule has 0 radical (unpaired) electrons. The summed E-state index contributed by atoms with van der Waals surface area (Å²) in [6.45, 7) is 0.857. The Kier molecular flexibility index (Phi) is 5.17.